The predicted molar refractivity (Wildman–Crippen MR) is 32.2 cm³/mol. The van der Waals surface area contributed by atoms with Crippen LogP contribution in [0.1, 0.15) is 0 Å². The summed E-state index contributed by atoms with van der Waals surface area (Å²) in [5.41, 5.74) is 0. The van der Waals surface area contributed by atoms with Crippen LogP contribution in [0.15, 0.2) is 0 Å². The minimum atomic E-state index is -2.33. The van der Waals surface area contributed by atoms with Gasteiger partial charge in [0.2, 0.25) is 6.16 Å². The van der Waals surface area contributed by atoms with Gasteiger partial charge in [-0.2, -0.15) is 0 Å². The number of alkyl halides is 1. The van der Waals surface area contributed by atoms with Gasteiger partial charge in [0.05, 0.1) is 5.97 Å². The monoisotopic (exact) mass is 372 g/mol. The number of hydrogen-bond acceptors (Lipinski definition) is 7. The molecule has 0 unspecified atom stereocenters. The first kappa shape index (κ1) is 29.3. The third kappa shape index (κ3) is 780. The van der Waals surface area contributed by atoms with Crippen LogP contribution in [-0.4, -0.2) is 28.7 Å². The van der Waals surface area contributed by atoms with Gasteiger partial charge in [-0.25, -0.2) is 0 Å². The van der Waals surface area contributed by atoms with Crippen molar-refractivity contribution in [2.24, 2.45) is 0 Å². The van der Waals surface area contributed by atoms with Crippen LogP contribution in [0.2, 0.25) is 0 Å². The van der Waals surface area contributed by atoms with E-state index in [1.54, 1.807) is 0 Å². The van der Waals surface area contributed by atoms with Crippen molar-refractivity contribution in [3.8, 4) is 0 Å². The molecule has 15 heavy (non-hydrogen) atoms. The summed E-state index contributed by atoms with van der Waals surface area (Å²) in [5.74, 6) is -1.08. The number of aliphatic carboxylic acids is 1. The van der Waals surface area contributed by atoms with Gasteiger partial charge in [0.1, 0.15) is 0 Å². The van der Waals surface area contributed by atoms with E-state index in [1.807, 2.05) is 0 Å². The standard InChI is InChI=1S/C2H3BrO2.2CH2O3.Co.Mn/c3-1-2(4)5;2*2-1(3)4;;/h1H2,(H,4,5);2*(H2,2,3,4);;/q;;;2*+2/p-4. The number of hydrogen-bond donors (Lipinski definition) is 1. The van der Waals surface area contributed by atoms with Crippen molar-refractivity contribution in [1.82, 2.24) is 0 Å². The van der Waals surface area contributed by atoms with Gasteiger partial charge in [-0.3, -0.25) is 0 Å². The van der Waals surface area contributed by atoms with Crippen molar-refractivity contribution in [2.45, 2.75) is 0 Å². The second-order valence-corrected chi connectivity index (χ2v) is 1.58. The molecule has 0 aromatic rings. The Kier molecular flexibility index (Phi) is 45.6. The Morgan fingerprint density at radius 3 is 1.13 bits per heavy atom. The molecule has 0 amide bonds. The second-order valence-electron chi connectivity index (χ2n) is 1.02. The number of carboxylic acid groups (broad SMARTS) is 5. The van der Waals surface area contributed by atoms with Crippen molar-refractivity contribution in [1.29, 1.82) is 0 Å². The van der Waals surface area contributed by atoms with E-state index in [9.17, 15) is 9.90 Å². The molecular formula is C4H3BrCoMnO8. The molecule has 0 rings (SSSR count). The third-order valence-corrected chi connectivity index (χ3v) is 0.567. The van der Waals surface area contributed by atoms with E-state index in [4.69, 9.17) is 30.0 Å². The van der Waals surface area contributed by atoms with Gasteiger partial charge < -0.3 is 39.9 Å². The molecule has 0 fully saturated rings. The minimum Gasteiger partial charge on any atom is -0.652 e. The van der Waals surface area contributed by atoms with E-state index >= 15 is 0 Å². The molecule has 2 radical (unpaired) electrons. The number of rotatable bonds is 1. The van der Waals surface area contributed by atoms with Gasteiger partial charge >= 0.3 is 33.8 Å². The molecule has 0 spiro atoms. The summed E-state index contributed by atoms with van der Waals surface area (Å²) in [6.07, 6.45) is -4.42. The summed E-state index contributed by atoms with van der Waals surface area (Å²) in [6.45, 7) is 0. The third-order valence-electron chi connectivity index (χ3n) is 0.109. The largest absolute Gasteiger partial charge is 2.00 e. The maximum atomic E-state index is 9.21. The second kappa shape index (κ2) is 23.4. The first-order valence-corrected chi connectivity index (χ1v) is 3.39. The van der Waals surface area contributed by atoms with Crippen molar-refractivity contribution >= 4 is 34.2 Å². The maximum absolute atomic E-state index is 9.21. The number of carboxylic acids is 1. The van der Waals surface area contributed by atoms with Gasteiger partial charge in [0.15, 0.2) is 0 Å². The van der Waals surface area contributed by atoms with Gasteiger partial charge in [0, 0.05) is 5.33 Å². The number of carbonyl (C=O) groups excluding carboxylic acids is 2. The molecule has 11 heteroatoms. The van der Waals surface area contributed by atoms with Gasteiger partial charge in [-0.1, -0.05) is 15.9 Å². The van der Waals surface area contributed by atoms with Crippen molar-refractivity contribution in [2.75, 3.05) is 5.33 Å². The Hall–Kier alpha value is -0.484. The Labute approximate surface area is 113 Å². The van der Waals surface area contributed by atoms with Gasteiger partial charge in [-0.05, 0) is 6.16 Å². The van der Waals surface area contributed by atoms with E-state index in [2.05, 4.69) is 15.9 Å². The summed E-state index contributed by atoms with van der Waals surface area (Å²) in [4.78, 5) is 26.0. The number of halogens is 1. The normalized spacial score (nSPS) is 5.67. The van der Waals surface area contributed by atoms with Crippen LogP contribution >= 0.6 is 15.9 Å². The molecule has 90 valence electrons. The smallest absolute Gasteiger partial charge is 0.652 e. The van der Waals surface area contributed by atoms with E-state index in [0.29, 0.717) is 0 Å². The van der Waals surface area contributed by atoms with Crippen LogP contribution in [0.5, 0.6) is 0 Å². The predicted octanol–water partition coefficient (Wildman–Crippen LogP) is -4.43. The van der Waals surface area contributed by atoms with E-state index < -0.39 is 18.3 Å². The first-order valence-electron chi connectivity index (χ1n) is 2.27. The fourth-order valence-corrected chi connectivity index (χ4v) is 0. The zero-order chi connectivity index (χ0) is 11.4. The van der Waals surface area contributed by atoms with E-state index in [1.165, 1.54) is 0 Å². The Morgan fingerprint density at radius 2 is 1.13 bits per heavy atom. The van der Waals surface area contributed by atoms with Crippen LogP contribution in [0.4, 0.5) is 9.59 Å². The van der Waals surface area contributed by atoms with Crippen molar-refractivity contribution < 1.29 is 73.8 Å². The average Bonchev–Trinajstić information content (AvgIpc) is 1.84. The first-order chi connectivity index (χ1) is 5.73. The van der Waals surface area contributed by atoms with Crippen LogP contribution in [-0.2, 0) is 38.6 Å². The molecule has 1 N–H and O–H groups in total. The molecule has 8 nitrogen and oxygen atoms in total. The van der Waals surface area contributed by atoms with Crippen LogP contribution in [0.25, 0.3) is 0 Å². The average molecular weight is 373 g/mol. The zero-order valence-electron chi connectivity index (χ0n) is 6.60. The van der Waals surface area contributed by atoms with E-state index in [-0.39, 0.29) is 39.2 Å². The van der Waals surface area contributed by atoms with Crippen LogP contribution < -0.4 is 20.4 Å². The molecule has 0 aromatic carbocycles. The number of carbonyl (C=O) groups is 3. The SMILES string of the molecule is O=C([O-])CBr.O=C([O-])O.O=C([O-])[O-].[Co+2].[Mn+2]. The molecule has 0 atom stereocenters. The summed E-state index contributed by atoms with van der Waals surface area (Å²) in [5, 5.41) is 41.1. The minimum absolute atomic E-state index is 0. The molecule has 0 saturated heterocycles. The molecular weight excluding hydrogens is 370 g/mol. The fraction of sp³-hybridized carbons (Fsp3) is 0.250. The molecule has 0 saturated carbocycles. The van der Waals surface area contributed by atoms with E-state index in [0.717, 1.165) is 0 Å². The summed E-state index contributed by atoms with van der Waals surface area (Å²) >= 11 is 2.65. The Bertz CT molecular complexity index is 156. The van der Waals surface area contributed by atoms with Crippen LogP contribution in [0, 0.1) is 0 Å². The Morgan fingerprint density at radius 1 is 1.07 bits per heavy atom. The topological polar surface area (TPSA) is 164 Å². The van der Waals surface area contributed by atoms with Crippen LogP contribution in [0.3, 0.4) is 0 Å². The molecule has 0 aliphatic heterocycles. The quantitative estimate of drug-likeness (QED) is 0.355. The molecule has 0 aliphatic rings. The summed E-state index contributed by atoms with van der Waals surface area (Å²) < 4.78 is 0. The fourth-order valence-electron chi connectivity index (χ4n) is 0. The van der Waals surface area contributed by atoms with Gasteiger partial charge in [0.25, 0.3) is 0 Å². The van der Waals surface area contributed by atoms with Crippen molar-refractivity contribution in [3.63, 3.8) is 0 Å². The van der Waals surface area contributed by atoms with Gasteiger partial charge in [-0.15, -0.1) is 0 Å². The summed E-state index contributed by atoms with van der Waals surface area (Å²) in [7, 11) is 0. The zero-order valence-corrected chi connectivity index (χ0v) is 10.4. The van der Waals surface area contributed by atoms with Crippen molar-refractivity contribution in [3.05, 3.63) is 0 Å². The molecule has 0 aliphatic carbocycles. The molecule has 0 heterocycles. The Balaban J connectivity index is -0.0000000315. The molecule has 0 aromatic heterocycles. The maximum Gasteiger partial charge on any atom is 2.00 e. The summed E-state index contributed by atoms with van der Waals surface area (Å²) in [6, 6.07) is 0. The molecule has 0 bridgehead atoms.